The third-order valence-corrected chi connectivity index (χ3v) is 5.40. The van der Waals surface area contributed by atoms with Gasteiger partial charge < -0.3 is 14.6 Å². The standard InChI is InChI=1S/C23H25BrO4/c1-6-14-13-17(27-16-9-7-15(24)8-10-16)11-12-18(14)19-20(25)22(2,3)28-23(4,5)21(19)26/h7-13,25H,6H2,1-5H3. The summed E-state index contributed by atoms with van der Waals surface area (Å²) in [6, 6.07) is 13.2. The predicted octanol–water partition coefficient (Wildman–Crippen LogP) is 6.23. The molecule has 0 aliphatic carbocycles. The van der Waals surface area contributed by atoms with E-state index in [2.05, 4.69) is 15.9 Å². The molecular weight excluding hydrogens is 420 g/mol. The molecule has 1 N–H and O–H groups in total. The number of hydrogen-bond donors (Lipinski definition) is 1. The Morgan fingerprint density at radius 2 is 1.61 bits per heavy atom. The van der Waals surface area contributed by atoms with E-state index >= 15 is 0 Å². The average molecular weight is 445 g/mol. The van der Waals surface area contributed by atoms with Crippen LogP contribution in [0.25, 0.3) is 5.57 Å². The van der Waals surface area contributed by atoms with Crippen molar-refractivity contribution in [3.05, 3.63) is 63.8 Å². The van der Waals surface area contributed by atoms with Gasteiger partial charge in [0.1, 0.15) is 28.5 Å². The molecule has 0 spiro atoms. The third-order valence-electron chi connectivity index (χ3n) is 4.87. The van der Waals surface area contributed by atoms with Crippen LogP contribution in [-0.4, -0.2) is 22.1 Å². The molecule has 1 aliphatic heterocycles. The molecule has 5 heteroatoms. The SMILES string of the molecule is CCc1cc(Oc2ccc(Br)cc2)ccc1C1=C(O)C(C)(C)OC(C)(C)C1=O. The van der Waals surface area contributed by atoms with Crippen LogP contribution in [0.3, 0.4) is 0 Å². The topological polar surface area (TPSA) is 55.8 Å². The molecule has 28 heavy (non-hydrogen) atoms. The lowest BCUT2D eigenvalue weighted by atomic mass is 9.81. The smallest absolute Gasteiger partial charge is 0.198 e. The van der Waals surface area contributed by atoms with Crippen molar-refractivity contribution in [2.45, 2.75) is 52.2 Å². The fourth-order valence-electron chi connectivity index (χ4n) is 3.50. The summed E-state index contributed by atoms with van der Waals surface area (Å²) in [6.07, 6.45) is 0.693. The minimum atomic E-state index is -1.01. The number of aryl methyl sites for hydroxylation is 1. The summed E-state index contributed by atoms with van der Waals surface area (Å²) in [5, 5.41) is 10.8. The van der Waals surface area contributed by atoms with Gasteiger partial charge in [-0.05, 0) is 81.6 Å². The Morgan fingerprint density at radius 1 is 1.00 bits per heavy atom. The third kappa shape index (κ3) is 3.87. The van der Waals surface area contributed by atoms with Crippen molar-refractivity contribution < 1.29 is 19.4 Å². The maximum absolute atomic E-state index is 13.0. The van der Waals surface area contributed by atoms with Crippen LogP contribution in [0.2, 0.25) is 0 Å². The lowest BCUT2D eigenvalue weighted by Gasteiger charge is -2.40. The quantitative estimate of drug-likeness (QED) is 0.606. The lowest BCUT2D eigenvalue weighted by Crippen LogP contribution is -2.49. The number of halogens is 1. The summed E-state index contributed by atoms with van der Waals surface area (Å²) in [5.74, 6) is 1.15. The fraction of sp³-hybridized carbons (Fsp3) is 0.348. The van der Waals surface area contributed by atoms with E-state index in [0.29, 0.717) is 17.7 Å². The normalized spacial score (nSPS) is 18.3. The number of carbonyl (C=O) groups is 1. The van der Waals surface area contributed by atoms with Crippen LogP contribution in [0, 0.1) is 0 Å². The average Bonchev–Trinajstić information content (AvgIpc) is 2.62. The second kappa shape index (κ2) is 7.37. The molecule has 148 valence electrons. The van der Waals surface area contributed by atoms with Gasteiger partial charge in [-0.15, -0.1) is 0 Å². The van der Waals surface area contributed by atoms with E-state index in [1.54, 1.807) is 27.7 Å². The molecule has 0 unspecified atom stereocenters. The van der Waals surface area contributed by atoms with Crippen LogP contribution in [0.1, 0.15) is 45.7 Å². The van der Waals surface area contributed by atoms with Crippen LogP contribution in [0.5, 0.6) is 11.5 Å². The van der Waals surface area contributed by atoms with Gasteiger partial charge in [-0.25, -0.2) is 0 Å². The number of ether oxygens (including phenoxy) is 2. The summed E-state index contributed by atoms with van der Waals surface area (Å²) in [4.78, 5) is 13.0. The molecule has 1 heterocycles. The van der Waals surface area contributed by atoms with Gasteiger partial charge in [0.05, 0.1) is 5.57 Å². The highest BCUT2D eigenvalue weighted by atomic mass is 79.9. The maximum atomic E-state index is 13.0. The number of aliphatic hydroxyl groups is 1. The molecular formula is C23H25BrO4. The number of carbonyl (C=O) groups excluding carboxylic acids is 1. The molecule has 0 bridgehead atoms. The molecule has 0 amide bonds. The van der Waals surface area contributed by atoms with E-state index in [1.807, 2.05) is 49.4 Å². The Bertz CT molecular complexity index is 940. The Hall–Kier alpha value is -2.11. The maximum Gasteiger partial charge on any atom is 0.198 e. The summed E-state index contributed by atoms with van der Waals surface area (Å²) >= 11 is 3.41. The van der Waals surface area contributed by atoms with Gasteiger partial charge in [0.25, 0.3) is 0 Å². The number of ketones is 1. The highest BCUT2D eigenvalue weighted by Crippen LogP contribution is 2.41. The minimum Gasteiger partial charge on any atom is -0.508 e. The first kappa shape index (κ1) is 20.6. The Kier molecular flexibility index (Phi) is 5.43. The van der Waals surface area contributed by atoms with Gasteiger partial charge in [-0.1, -0.05) is 28.9 Å². The Balaban J connectivity index is 2.04. The zero-order chi connectivity index (χ0) is 20.7. The molecule has 0 atom stereocenters. The highest BCUT2D eigenvalue weighted by Gasteiger charge is 2.47. The Labute approximate surface area is 174 Å². The van der Waals surface area contributed by atoms with Crippen molar-refractivity contribution in [3.8, 4) is 11.5 Å². The molecule has 0 aromatic heterocycles. The van der Waals surface area contributed by atoms with Crippen molar-refractivity contribution >= 4 is 27.3 Å². The van der Waals surface area contributed by atoms with Crippen LogP contribution in [0.15, 0.2) is 52.7 Å². The molecule has 1 aliphatic rings. The minimum absolute atomic E-state index is 0.0342. The first-order valence-electron chi connectivity index (χ1n) is 9.30. The van der Waals surface area contributed by atoms with Gasteiger partial charge in [-0.2, -0.15) is 0 Å². The number of benzene rings is 2. The zero-order valence-electron chi connectivity index (χ0n) is 16.8. The summed E-state index contributed by atoms with van der Waals surface area (Å²) in [7, 11) is 0. The van der Waals surface area contributed by atoms with Crippen molar-refractivity contribution in [1.29, 1.82) is 0 Å². The highest BCUT2D eigenvalue weighted by molar-refractivity contribution is 9.10. The number of aliphatic hydroxyl groups excluding tert-OH is 1. The zero-order valence-corrected chi connectivity index (χ0v) is 18.4. The molecule has 0 saturated heterocycles. The summed E-state index contributed by atoms with van der Waals surface area (Å²) < 4.78 is 12.8. The molecule has 4 nitrogen and oxygen atoms in total. The Morgan fingerprint density at radius 3 is 2.21 bits per heavy atom. The molecule has 0 fully saturated rings. The molecule has 0 radical (unpaired) electrons. The molecule has 2 aromatic carbocycles. The second-order valence-electron chi connectivity index (χ2n) is 7.90. The van der Waals surface area contributed by atoms with E-state index in [1.165, 1.54) is 0 Å². The molecule has 0 saturated carbocycles. The van der Waals surface area contributed by atoms with Gasteiger partial charge in [0.2, 0.25) is 0 Å². The predicted molar refractivity (Wildman–Crippen MR) is 114 cm³/mol. The number of rotatable bonds is 4. The van der Waals surface area contributed by atoms with Gasteiger partial charge in [0.15, 0.2) is 5.78 Å². The van der Waals surface area contributed by atoms with Crippen molar-refractivity contribution in [1.82, 2.24) is 0 Å². The van der Waals surface area contributed by atoms with Crippen LogP contribution >= 0.6 is 15.9 Å². The van der Waals surface area contributed by atoms with E-state index in [0.717, 1.165) is 21.3 Å². The van der Waals surface area contributed by atoms with E-state index < -0.39 is 11.2 Å². The number of Topliss-reactive ketones (excluding diaryl/α,β-unsaturated/α-hetero) is 1. The van der Waals surface area contributed by atoms with E-state index in [-0.39, 0.29) is 11.5 Å². The first-order valence-corrected chi connectivity index (χ1v) is 10.1. The molecule has 2 aromatic rings. The second-order valence-corrected chi connectivity index (χ2v) is 8.82. The summed E-state index contributed by atoms with van der Waals surface area (Å²) in [5.41, 5.74) is 0.0245. The monoisotopic (exact) mass is 444 g/mol. The van der Waals surface area contributed by atoms with Crippen LogP contribution in [0.4, 0.5) is 0 Å². The summed E-state index contributed by atoms with van der Waals surface area (Å²) in [6.45, 7) is 9.03. The van der Waals surface area contributed by atoms with E-state index in [9.17, 15) is 9.90 Å². The van der Waals surface area contributed by atoms with Crippen molar-refractivity contribution in [3.63, 3.8) is 0 Å². The van der Waals surface area contributed by atoms with E-state index in [4.69, 9.17) is 9.47 Å². The van der Waals surface area contributed by atoms with Crippen molar-refractivity contribution in [2.75, 3.05) is 0 Å². The largest absolute Gasteiger partial charge is 0.508 e. The van der Waals surface area contributed by atoms with Gasteiger partial charge in [0, 0.05) is 4.47 Å². The van der Waals surface area contributed by atoms with Crippen molar-refractivity contribution in [2.24, 2.45) is 0 Å². The lowest BCUT2D eigenvalue weighted by molar-refractivity contribution is -0.158. The van der Waals surface area contributed by atoms with Crippen LogP contribution in [-0.2, 0) is 16.0 Å². The number of hydrogen-bond acceptors (Lipinski definition) is 4. The van der Waals surface area contributed by atoms with Crippen LogP contribution < -0.4 is 4.74 Å². The fourth-order valence-corrected chi connectivity index (χ4v) is 3.77. The molecule has 3 rings (SSSR count). The van der Waals surface area contributed by atoms with Gasteiger partial charge in [-0.3, -0.25) is 4.79 Å². The first-order chi connectivity index (χ1) is 13.0. The van der Waals surface area contributed by atoms with Gasteiger partial charge >= 0.3 is 0 Å².